The Morgan fingerprint density at radius 1 is 1.00 bits per heavy atom. The molecular weight excluding hydrogens is 242 g/mol. The van der Waals surface area contributed by atoms with Crippen molar-refractivity contribution >= 4 is 0 Å². The van der Waals surface area contributed by atoms with E-state index in [1.165, 1.54) is 49.8 Å². The number of hydrogen-bond donors (Lipinski definition) is 1. The maximum Gasteiger partial charge on any atom is 0.0291 e. The van der Waals surface area contributed by atoms with Gasteiger partial charge in [0.25, 0.3) is 0 Å². The van der Waals surface area contributed by atoms with Gasteiger partial charge in [0.15, 0.2) is 0 Å². The molecule has 1 aromatic carbocycles. The minimum absolute atomic E-state index is 0.477. The molecule has 1 fully saturated rings. The van der Waals surface area contributed by atoms with Gasteiger partial charge in [0.2, 0.25) is 0 Å². The molecule has 2 rings (SSSR count). The summed E-state index contributed by atoms with van der Waals surface area (Å²) < 4.78 is 0. The third-order valence-electron chi connectivity index (χ3n) is 5.14. The average Bonchev–Trinajstić information content (AvgIpc) is 2.53. The van der Waals surface area contributed by atoms with E-state index in [1.807, 2.05) is 0 Å². The van der Waals surface area contributed by atoms with E-state index in [4.69, 9.17) is 0 Å². The van der Waals surface area contributed by atoms with Crippen molar-refractivity contribution in [2.75, 3.05) is 6.54 Å². The minimum atomic E-state index is 0.477. The Morgan fingerprint density at radius 2 is 1.60 bits per heavy atom. The lowest BCUT2D eigenvalue weighted by Gasteiger charge is -2.29. The quantitative estimate of drug-likeness (QED) is 0.759. The van der Waals surface area contributed by atoms with Crippen molar-refractivity contribution in [2.45, 2.75) is 65.3 Å². The van der Waals surface area contributed by atoms with Crippen LogP contribution in [0.3, 0.4) is 0 Å². The highest BCUT2D eigenvalue weighted by Gasteiger charge is 2.20. The standard InChI is InChI=1S/C19H31N/c1-4-16-6-8-18(9-7-16)14-20-15(3)19-12-10-17(5-2)11-13-19/h10-13,15-16,18,20H,4-9,14H2,1-3H3. The largest absolute Gasteiger partial charge is 0.310 e. The number of nitrogens with one attached hydrogen (secondary N) is 1. The van der Waals surface area contributed by atoms with Crippen LogP contribution in [0.1, 0.15) is 70.0 Å². The van der Waals surface area contributed by atoms with Crippen LogP contribution in [0.2, 0.25) is 0 Å². The normalized spacial score (nSPS) is 24.6. The molecule has 1 aliphatic rings. The summed E-state index contributed by atoms with van der Waals surface area (Å²) >= 11 is 0. The third kappa shape index (κ3) is 4.34. The van der Waals surface area contributed by atoms with Gasteiger partial charge in [-0.1, -0.05) is 57.4 Å². The molecule has 1 heteroatoms. The van der Waals surface area contributed by atoms with Crippen molar-refractivity contribution in [2.24, 2.45) is 11.8 Å². The molecule has 0 aromatic heterocycles. The Kier molecular flexibility index (Phi) is 6.09. The van der Waals surface area contributed by atoms with Gasteiger partial charge in [-0.2, -0.15) is 0 Å². The van der Waals surface area contributed by atoms with E-state index in [2.05, 4.69) is 50.4 Å². The van der Waals surface area contributed by atoms with E-state index in [-0.39, 0.29) is 0 Å². The Labute approximate surface area is 125 Å². The molecule has 112 valence electrons. The summed E-state index contributed by atoms with van der Waals surface area (Å²) in [6.45, 7) is 8.03. The average molecular weight is 273 g/mol. The van der Waals surface area contributed by atoms with Crippen LogP contribution in [0.15, 0.2) is 24.3 Å². The fourth-order valence-electron chi connectivity index (χ4n) is 3.35. The van der Waals surface area contributed by atoms with Crippen molar-refractivity contribution < 1.29 is 0 Å². The van der Waals surface area contributed by atoms with E-state index in [0.717, 1.165) is 18.3 Å². The molecule has 1 atom stereocenters. The summed E-state index contributed by atoms with van der Waals surface area (Å²) in [6.07, 6.45) is 8.24. The van der Waals surface area contributed by atoms with Crippen LogP contribution in [-0.4, -0.2) is 6.54 Å². The summed E-state index contributed by atoms with van der Waals surface area (Å²) in [5.74, 6) is 1.90. The third-order valence-corrected chi connectivity index (χ3v) is 5.14. The predicted octanol–water partition coefficient (Wildman–Crippen LogP) is 5.12. The van der Waals surface area contributed by atoms with Gasteiger partial charge in [-0.3, -0.25) is 0 Å². The van der Waals surface area contributed by atoms with Crippen LogP contribution in [0.4, 0.5) is 0 Å². The Balaban J connectivity index is 1.75. The second kappa shape index (κ2) is 7.83. The number of aryl methyl sites for hydroxylation is 1. The smallest absolute Gasteiger partial charge is 0.0291 e. The van der Waals surface area contributed by atoms with Crippen molar-refractivity contribution in [3.05, 3.63) is 35.4 Å². The van der Waals surface area contributed by atoms with E-state index in [9.17, 15) is 0 Å². The molecule has 1 saturated carbocycles. The number of benzene rings is 1. The first-order chi connectivity index (χ1) is 9.72. The first-order valence-electron chi connectivity index (χ1n) is 8.55. The highest BCUT2D eigenvalue weighted by Crippen LogP contribution is 2.30. The van der Waals surface area contributed by atoms with Crippen LogP contribution in [-0.2, 0) is 6.42 Å². The van der Waals surface area contributed by atoms with E-state index in [0.29, 0.717) is 6.04 Å². The maximum absolute atomic E-state index is 3.74. The lowest BCUT2D eigenvalue weighted by atomic mass is 9.81. The van der Waals surface area contributed by atoms with E-state index < -0.39 is 0 Å². The first kappa shape index (κ1) is 15.6. The van der Waals surface area contributed by atoms with Crippen LogP contribution < -0.4 is 5.32 Å². The summed E-state index contributed by atoms with van der Waals surface area (Å²) in [5.41, 5.74) is 2.85. The highest BCUT2D eigenvalue weighted by molar-refractivity contribution is 5.24. The number of rotatable bonds is 6. The number of hydrogen-bond acceptors (Lipinski definition) is 1. The zero-order valence-electron chi connectivity index (χ0n) is 13.5. The molecule has 1 aliphatic carbocycles. The molecule has 0 saturated heterocycles. The van der Waals surface area contributed by atoms with Gasteiger partial charge in [0.05, 0.1) is 0 Å². The van der Waals surface area contributed by atoms with Gasteiger partial charge in [-0.15, -0.1) is 0 Å². The maximum atomic E-state index is 3.74. The summed E-state index contributed by atoms with van der Waals surface area (Å²) in [4.78, 5) is 0. The second-order valence-corrected chi connectivity index (χ2v) is 6.52. The van der Waals surface area contributed by atoms with Gasteiger partial charge in [0, 0.05) is 6.04 Å². The first-order valence-corrected chi connectivity index (χ1v) is 8.55. The van der Waals surface area contributed by atoms with Crippen molar-refractivity contribution in [3.63, 3.8) is 0 Å². The molecule has 1 nitrogen and oxygen atoms in total. The SMILES string of the molecule is CCc1ccc(C(C)NCC2CCC(CC)CC2)cc1. The lowest BCUT2D eigenvalue weighted by Crippen LogP contribution is -2.28. The van der Waals surface area contributed by atoms with Crippen LogP contribution in [0.5, 0.6) is 0 Å². The molecule has 0 amide bonds. The molecule has 1 N–H and O–H groups in total. The van der Waals surface area contributed by atoms with Gasteiger partial charge >= 0.3 is 0 Å². The molecule has 0 bridgehead atoms. The molecule has 0 heterocycles. The highest BCUT2D eigenvalue weighted by atomic mass is 14.9. The summed E-state index contributed by atoms with van der Waals surface area (Å²) in [5, 5.41) is 3.74. The van der Waals surface area contributed by atoms with E-state index in [1.54, 1.807) is 0 Å². The topological polar surface area (TPSA) is 12.0 Å². The van der Waals surface area contributed by atoms with Gasteiger partial charge in [-0.25, -0.2) is 0 Å². The zero-order valence-corrected chi connectivity index (χ0v) is 13.5. The van der Waals surface area contributed by atoms with Crippen LogP contribution in [0, 0.1) is 11.8 Å². The molecule has 0 radical (unpaired) electrons. The Hall–Kier alpha value is -0.820. The van der Waals surface area contributed by atoms with Crippen molar-refractivity contribution in [1.82, 2.24) is 5.32 Å². The predicted molar refractivity (Wildman–Crippen MR) is 88.0 cm³/mol. The van der Waals surface area contributed by atoms with E-state index >= 15 is 0 Å². The summed E-state index contributed by atoms with van der Waals surface area (Å²) in [7, 11) is 0. The van der Waals surface area contributed by atoms with Gasteiger partial charge < -0.3 is 5.32 Å². The fourth-order valence-corrected chi connectivity index (χ4v) is 3.35. The molecule has 0 spiro atoms. The molecule has 1 unspecified atom stereocenters. The molecule has 0 aliphatic heterocycles. The molecular formula is C19H31N. The summed E-state index contributed by atoms with van der Waals surface area (Å²) in [6, 6.07) is 9.57. The zero-order chi connectivity index (χ0) is 14.4. The fraction of sp³-hybridized carbons (Fsp3) is 0.684. The van der Waals surface area contributed by atoms with Crippen LogP contribution in [0.25, 0.3) is 0 Å². The Morgan fingerprint density at radius 3 is 2.15 bits per heavy atom. The Bertz CT molecular complexity index is 373. The lowest BCUT2D eigenvalue weighted by molar-refractivity contribution is 0.258. The van der Waals surface area contributed by atoms with Crippen molar-refractivity contribution in [1.29, 1.82) is 0 Å². The minimum Gasteiger partial charge on any atom is -0.310 e. The monoisotopic (exact) mass is 273 g/mol. The van der Waals surface area contributed by atoms with Gasteiger partial charge in [-0.05, 0) is 55.7 Å². The second-order valence-electron chi connectivity index (χ2n) is 6.52. The van der Waals surface area contributed by atoms with Gasteiger partial charge in [0.1, 0.15) is 0 Å². The molecule has 1 aromatic rings. The van der Waals surface area contributed by atoms with Crippen LogP contribution >= 0.6 is 0 Å². The van der Waals surface area contributed by atoms with Crippen molar-refractivity contribution in [3.8, 4) is 0 Å². The molecule has 20 heavy (non-hydrogen) atoms.